The first kappa shape index (κ1) is 14.4. The number of anilines is 1. The molecule has 0 aromatic carbocycles. The van der Waals surface area contributed by atoms with Crippen molar-refractivity contribution in [1.82, 2.24) is 9.55 Å². The topological polar surface area (TPSA) is 126 Å². The van der Waals surface area contributed by atoms with Crippen LogP contribution < -0.4 is 11.4 Å². The Hall–Kier alpha value is -1.97. The van der Waals surface area contributed by atoms with E-state index in [0.29, 0.717) is 0 Å². The Morgan fingerprint density at radius 3 is 3.05 bits per heavy atom. The van der Waals surface area contributed by atoms with Crippen molar-refractivity contribution in [2.75, 3.05) is 12.3 Å². The summed E-state index contributed by atoms with van der Waals surface area (Å²) in [5.41, 5.74) is 4.79. The zero-order valence-electron chi connectivity index (χ0n) is 10.8. The minimum atomic E-state index is -0.855. The Kier molecular flexibility index (Phi) is 4.32. The minimum Gasteiger partial charge on any atom is -0.394 e. The van der Waals surface area contributed by atoms with Gasteiger partial charge in [0.25, 0.3) is 0 Å². The van der Waals surface area contributed by atoms with Crippen LogP contribution >= 0.6 is 0 Å². The monoisotopic (exact) mass is 285 g/mol. The summed E-state index contributed by atoms with van der Waals surface area (Å²) in [6.07, 6.45) is -0.430. The second-order valence-electron chi connectivity index (χ2n) is 4.32. The first-order chi connectivity index (χ1) is 9.51. The molecule has 1 aliphatic heterocycles. The molecule has 2 rings (SSSR count). The quantitative estimate of drug-likeness (QED) is 0.531. The molecule has 0 spiro atoms. The number of hydrogen-bond acceptors (Lipinski definition) is 8. The molecule has 0 radical (unpaired) electrons. The molecule has 1 aromatic rings. The predicted molar refractivity (Wildman–Crippen MR) is 65.2 cm³/mol. The van der Waals surface area contributed by atoms with Crippen molar-refractivity contribution in [3.8, 4) is 0 Å². The van der Waals surface area contributed by atoms with Crippen LogP contribution in [0, 0.1) is 0 Å². The van der Waals surface area contributed by atoms with E-state index < -0.39 is 30.1 Å². The van der Waals surface area contributed by atoms with Crippen LogP contribution in [0.5, 0.6) is 0 Å². The maximum absolute atomic E-state index is 11.8. The average molecular weight is 285 g/mol. The zero-order chi connectivity index (χ0) is 14.7. The fourth-order valence-corrected chi connectivity index (χ4v) is 1.91. The van der Waals surface area contributed by atoms with Gasteiger partial charge in [-0.05, 0) is 6.07 Å². The van der Waals surface area contributed by atoms with Gasteiger partial charge in [-0.25, -0.2) is 9.59 Å². The molecule has 0 saturated carbocycles. The number of nitrogen functional groups attached to an aromatic ring is 1. The van der Waals surface area contributed by atoms with E-state index in [2.05, 4.69) is 9.87 Å². The van der Waals surface area contributed by atoms with Crippen LogP contribution in [-0.4, -0.2) is 39.4 Å². The first-order valence-corrected chi connectivity index (χ1v) is 5.96. The second-order valence-corrected chi connectivity index (χ2v) is 4.32. The molecule has 0 bridgehead atoms. The molecule has 9 nitrogen and oxygen atoms in total. The van der Waals surface area contributed by atoms with Gasteiger partial charge in [-0.2, -0.15) is 9.87 Å². The van der Waals surface area contributed by atoms with Crippen molar-refractivity contribution in [2.24, 2.45) is 0 Å². The number of nitrogens with two attached hydrogens (primary N) is 1. The summed E-state index contributed by atoms with van der Waals surface area (Å²) < 4.78 is 6.64. The van der Waals surface area contributed by atoms with Crippen LogP contribution in [0.15, 0.2) is 17.1 Å². The Labute approximate surface area is 113 Å². The highest BCUT2D eigenvalue weighted by atomic mass is 17.2. The molecule has 1 unspecified atom stereocenters. The Balaban J connectivity index is 2.21. The summed E-state index contributed by atoms with van der Waals surface area (Å²) in [6, 6.07) is 1.43. The molecule has 1 fully saturated rings. The molecule has 110 valence electrons. The van der Waals surface area contributed by atoms with Crippen molar-refractivity contribution in [3.63, 3.8) is 0 Å². The maximum atomic E-state index is 11.8. The standard InChI is InChI=1S/C11H15N3O6/c1-6(16)19-20-8-4-7(5-15)18-10(8)14-3-2-9(12)13-11(14)17/h2-3,7-8,10,15H,4-5H2,1H3,(H2,12,13,17)/t7-,8?,10+/m0/s1. The van der Waals surface area contributed by atoms with Crippen molar-refractivity contribution in [3.05, 3.63) is 22.7 Å². The lowest BCUT2D eigenvalue weighted by molar-refractivity contribution is -0.307. The summed E-state index contributed by atoms with van der Waals surface area (Å²) in [4.78, 5) is 35.5. The van der Waals surface area contributed by atoms with Gasteiger partial charge < -0.3 is 15.6 Å². The van der Waals surface area contributed by atoms with E-state index in [1.807, 2.05) is 0 Å². The largest absolute Gasteiger partial charge is 0.394 e. The number of hydrogen-bond donors (Lipinski definition) is 2. The lowest BCUT2D eigenvalue weighted by Gasteiger charge is -2.19. The van der Waals surface area contributed by atoms with E-state index >= 15 is 0 Å². The highest BCUT2D eigenvalue weighted by Gasteiger charge is 2.39. The fraction of sp³-hybridized carbons (Fsp3) is 0.545. The summed E-state index contributed by atoms with van der Waals surface area (Å²) in [6.45, 7) is 0.943. The van der Waals surface area contributed by atoms with Gasteiger partial charge in [0.05, 0.1) is 12.7 Å². The second kappa shape index (κ2) is 5.99. The fourth-order valence-electron chi connectivity index (χ4n) is 1.91. The molecule has 0 aliphatic carbocycles. The predicted octanol–water partition coefficient (Wildman–Crippen LogP) is -1.03. The molecule has 3 atom stereocenters. The van der Waals surface area contributed by atoms with Crippen LogP contribution in [0.2, 0.25) is 0 Å². The smallest absolute Gasteiger partial charge is 0.351 e. The van der Waals surface area contributed by atoms with Crippen LogP contribution in [0.1, 0.15) is 19.6 Å². The van der Waals surface area contributed by atoms with Crippen molar-refractivity contribution in [2.45, 2.75) is 31.8 Å². The van der Waals surface area contributed by atoms with Crippen molar-refractivity contribution < 1.29 is 24.4 Å². The number of nitrogens with zero attached hydrogens (tertiary/aromatic N) is 2. The van der Waals surface area contributed by atoms with Crippen LogP contribution in [0.3, 0.4) is 0 Å². The van der Waals surface area contributed by atoms with Crippen LogP contribution in [-0.2, 0) is 19.3 Å². The molecular weight excluding hydrogens is 270 g/mol. The van der Waals surface area contributed by atoms with E-state index in [1.54, 1.807) is 0 Å². The van der Waals surface area contributed by atoms with Gasteiger partial charge in [-0.1, -0.05) is 0 Å². The SMILES string of the molecule is CC(=O)OOC1C[C@@H](CO)O[C@H]1n1ccc(N)nc1=O. The van der Waals surface area contributed by atoms with Gasteiger partial charge in [-0.3, -0.25) is 9.45 Å². The van der Waals surface area contributed by atoms with Gasteiger partial charge in [0.2, 0.25) is 0 Å². The number of aliphatic hydroxyl groups is 1. The highest BCUT2D eigenvalue weighted by molar-refractivity contribution is 5.65. The van der Waals surface area contributed by atoms with Gasteiger partial charge in [-0.15, -0.1) is 0 Å². The number of carbonyl (C=O) groups excluding carboxylic acids is 1. The summed E-state index contributed by atoms with van der Waals surface area (Å²) in [5, 5.41) is 9.13. The van der Waals surface area contributed by atoms with E-state index in [9.17, 15) is 9.59 Å². The minimum absolute atomic E-state index is 0.0837. The molecule has 1 saturated heterocycles. The molecular formula is C11H15N3O6. The Bertz CT molecular complexity index is 545. The third-order valence-corrected chi connectivity index (χ3v) is 2.76. The molecule has 3 N–H and O–H groups in total. The normalized spacial score (nSPS) is 25.6. The summed E-state index contributed by atoms with van der Waals surface area (Å²) in [5.74, 6) is -0.542. The maximum Gasteiger partial charge on any atom is 0.351 e. The third kappa shape index (κ3) is 3.13. The molecule has 20 heavy (non-hydrogen) atoms. The number of rotatable bonds is 4. The van der Waals surface area contributed by atoms with Gasteiger partial charge in [0.1, 0.15) is 5.82 Å². The van der Waals surface area contributed by atoms with E-state index in [-0.39, 0.29) is 18.8 Å². The Morgan fingerprint density at radius 2 is 2.45 bits per heavy atom. The number of carbonyl (C=O) groups is 1. The van der Waals surface area contributed by atoms with E-state index in [0.717, 1.165) is 0 Å². The molecule has 1 aromatic heterocycles. The molecule has 9 heteroatoms. The van der Waals surface area contributed by atoms with Crippen LogP contribution in [0.4, 0.5) is 5.82 Å². The lowest BCUT2D eigenvalue weighted by atomic mass is 10.2. The number of aliphatic hydroxyl groups excluding tert-OH is 1. The van der Waals surface area contributed by atoms with E-state index in [4.69, 9.17) is 20.5 Å². The molecule has 2 heterocycles. The zero-order valence-corrected chi connectivity index (χ0v) is 10.8. The summed E-state index contributed by atoms with van der Waals surface area (Å²) >= 11 is 0. The highest BCUT2D eigenvalue weighted by Crippen LogP contribution is 2.30. The third-order valence-electron chi connectivity index (χ3n) is 2.76. The van der Waals surface area contributed by atoms with Crippen LogP contribution in [0.25, 0.3) is 0 Å². The average Bonchev–Trinajstić information content (AvgIpc) is 2.79. The van der Waals surface area contributed by atoms with Gasteiger partial charge in [0, 0.05) is 19.5 Å². The van der Waals surface area contributed by atoms with Crippen molar-refractivity contribution in [1.29, 1.82) is 0 Å². The number of aromatic nitrogens is 2. The summed E-state index contributed by atoms with van der Waals surface area (Å²) in [7, 11) is 0. The first-order valence-electron chi connectivity index (χ1n) is 5.96. The lowest BCUT2D eigenvalue weighted by Crippen LogP contribution is -2.33. The molecule has 0 amide bonds. The Morgan fingerprint density at radius 1 is 1.70 bits per heavy atom. The number of ether oxygens (including phenoxy) is 1. The van der Waals surface area contributed by atoms with Gasteiger partial charge in [0.15, 0.2) is 12.3 Å². The van der Waals surface area contributed by atoms with Crippen molar-refractivity contribution >= 4 is 11.8 Å². The van der Waals surface area contributed by atoms with E-state index in [1.165, 1.54) is 23.8 Å². The molecule has 1 aliphatic rings. The van der Waals surface area contributed by atoms with Gasteiger partial charge >= 0.3 is 11.7 Å².